The number of rotatable bonds is 5. The van der Waals surface area contributed by atoms with E-state index in [1.807, 2.05) is 4.90 Å². The van der Waals surface area contributed by atoms with Crippen LogP contribution in [0.25, 0.3) is 0 Å². The Kier molecular flexibility index (Phi) is 5.25. The summed E-state index contributed by atoms with van der Waals surface area (Å²) < 4.78 is 6.89. The first-order valence-electron chi connectivity index (χ1n) is 8.17. The van der Waals surface area contributed by atoms with Crippen LogP contribution in [-0.4, -0.2) is 62.6 Å². The van der Waals surface area contributed by atoms with Crippen LogP contribution in [0, 0.1) is 0 Å². The molecule has 2 aromatic rings. The molecule has 0 N–H and O–H groups in total. The van der Waals surface area contributed by atoms with E-state index in [-0.39, 0.29) is 11.8 Å². The molecular formula is C16H21N5O3. The lowest BCUT2D eigenvalue weighted by Crippen LogP contribution is -2.37. The van der Waals surface area contributed by atoms with Crippen molar-refractivity contribution >= 4 is 11.8 Å². The zero-order valence-electron chi connectivity index (χ0n) is 13.5. The molecule has 8 nitrogen and oxygen atoms in total. The second kappa shape index (κ2) is 7.76. The Bertz CT molecular complexity index is 653. The number of carbonyl (C=O) groups excluding carboxylic acids is 2. The van der Waals surface area contributed by atoms with Crippen LogP contribution in [0.15, 0.2) is 35.5 Å². The van der Waals surface area contributed by atoms with Crippen molar-refractivity contribution in [2.75, 3.05) is 26.2 Å². The first-order chi connectivity index (χ1) is 11.7. The Hall–Kier alpha value is -2.64. The van der Waals surface area contributed by atoms with Gasteiger partial charge < -0.3 is 14.2 Å². The van der Waals surface area contributed by atoms with Crippen LogP contribution >= 0.6 is 0 Å². The number of aryl methyl sites for hydroxylation is 1. The summed E-state index contributed by atoms with van der Waals surface area (Å²) in [6.07, 6.45) is 6.62. The standard InChI is InChI=1S/C16H21N5O3/c22-15(5-1-8-21-13-17-12-18-21)19-6-3-7-20(10-9-19)16(23)14-4-2-11-24-14/h2,4,11-13H,1,3,5-10H2. The van der Waals surface area contributed by atoms with Gasteiger partial charge in [-0.05, 0) is 25.0 Å². The summed E-state index contributed by atoms with van der Waals surface area (Å²) in [5.41, 5.74) is 0. The molecule has 0 aliphatic carbocycles. The molecule has 0 bridgehead atoms. The predicted octanol–water partition coefficient (Wildman–Crippen LogP) is 1.03. The molecule has 128 valence electrons. The average Bonchev–Trinajstić information content (AvgIpc) is 3.24. The highest BCUT2D eigenvalue weighted by Crippen LogP contribution is 2.11. The van der Waals surface area contributed by atoms with Crippen LogP contribution in [0.1, 0.15) is 29.8 Å². The maximum atomic E-state index is 12.3. The maximum Gasteiger partial charge on any atom is 0.289 e. The Morgan fingerprint density at radius 3 is 2.75 bits per heavy atom. The van der Waals surface area contributed by atoms with Crippen molar-refractivity contribution in [2.24, 2.45) is 0 Å². The minimum Gasteiger partial charge on any atom is -0.459 e. The van der Waals surface area contributed by atoms with Crippen molar-refractivity contribution in [1.29, 1.82) is 0 Å². The lowest BCUT2D eigenvalue weighted by Gasteiger charge is -2.21. The smallest absolute Gasteiger partial charge is 0.289 e. The molecule has 2 amide bonds. The monoisotopic (exact) mass is 331 g/mol. The molecule has 0 unspecified atom stereocenters. The summed E-state index contributed by atoms with van der Waals surface area (Å²) in [4.78, 5) is 32.1. The van der Waals surface area contributed by atoms with E-state index < -0.39 is 0 Å². The normalized spacial score (nSPS) is 15.3. The topological polar surface area (TPSA) is 84.5 Å². The van der Waals surface area contributed by atoms with E-state index in [2.05, 4.69) is 10.1 Å². The highest BCUT2D eigenvalue weighted by Gasteiger charge is 2.23. The average molecular weight is 331 g/mol. The molecule has 3 heterocycles. The molecule has 0 radical (unpaired) electrons. The van der Waals surface area contributed by atoms with Crippen molar-refractivity contribution < 1.29 is 14.0 Å². The van der Waals surface area contributed by atoms with E-state index in [9.17, 15) is 9.59 Å². The van der Waals surface area contributed by atoms with Gasteiger partial charge in [0.25, 0.3) is 5.91 Å². The van der Waals surface area contributed by atoms with Crippen molar-refractivity contribution in [3.05, 3.63) is 36.8 Å². The molecule has 0 aromatic carbocycles. The van der Waals surface area contributed by atoms with E-state index >= 15 is 0 Å². The van der Waals surface area contributed by atoms with Gasteiger partial charge in [0.05, 0.1) is 6.26 Å². The van der Waals surface area contributed by atoms with Gasteiger partial charge in [-0.2, -0.15) is 5.10 Å². The number of hydrogen-bond acceptors (Lipinski definition) is 5. The lowest BCUT2D eigenvalue weighted by atomic mass is 10.2. The Labute approximate surface area is 140 Å². The van der Waals surface area contributed by atoms with Crippen LogP contribution < -0.4 is 0 Å². The Balaban J connectivity index is 1.46. The minimum atomic E-state index is -0.111. The van der Waals surface area contributed by atoms with Gasteiger partial charge in [0.1, 0.15) is 12.7 Å². The lowest BCUT2D eigenvalue weighted by molar-refractivity contribution is -0.131. The number of furan rings is 1. The fourth-order valence-corrected chi connectivity index (χ4v) is 2.82. The van der Waals surface area contributed by atoms with Gasteiger partial charge in [0.15, 0.2) is 5.76 Å². The molecule has 0 atom stereocenters. The summed E-state index contributed by atoms with van der Waals surface area (Å²) in [5.74, 6) is 0.366. The predicted molar refractivity (Wildman–Crippen MR) is 85.1 cm³/mol. The van der Waals surface area contributed by atoms with Gasteiger partial charge in [-0.1, -0.05) is 0 Å². The molecular weight excluding hydrogens is 310 g/mol. The molecule has 3 rings (SSSR count). The van der Waals surface area contributed by atoms with Gasteiger partial charge >= 0.3 is 0 Å². The molecule has 1 fully saturated rings. The summed E-state index contributed by atoms with van der Waals surface area (Å²) in [7, 11) is 0. The van der Waals surface area contributed by atoms with E-state index in [4.69, 9.17) is 4.42 Å². The molecule has 0 saturated carbocycles. The fraction of sp³-hybridized carbons (Fsp3) is 0.500. The van der Waals surface area contributed by atoms with E-state index in [0.717, 1.165) is 12.8 Å². The Morgan fingerprint density at radius 1 is 1.17 bits per heavy atom. The highest BCUT2D eigenvalue weighted by atomic mass is 16.3. The van der Waals surface area contributed by atoms with Crippen LogP contribution in [0.4, 0.5) is 0 Å². The highest BCUT2D eigenvalue weighted by molar-refractivity contribution is 5.91. The summed E-state index contributed by atoms with van der Waals surface area (Å²) in [5, 5.41) is 4.02. The van der Waals surface area contributed by atoms with Crippen molar-refractivity contribution in [1.82, 2.24) is 24.6 Å². The van der Waals surface area contributed by atoms with Crippen LogP contribution in [-0.2, 0) is 11.3 Å². The third-order valence-electron chi connectivity index (χ3n) is 4.11. The third-order valence-corrected chi connectivity index (χ3v) is 4.11. The fourth-order valence-electron chi connectivity index (χ4n) is 2.82. The number of nitrogens with zero attached hydrogens (tertiary/aromatic N) is 5. The molecule has 0 spiro atoms. The number of aromatic nitrogens is 3. The molecule has 1 aliphatic heterocycles. The second-order valence-electron chi connectivity index (χ2n) is 5.77. The summed E-state index contributed by atoms with van der Waals surface area (Å²) in [6, 6.07) is 3.37. The molecule has 1 saturated heterocycles. The Morgan fingerprint density at radius 2 is 2.00 bits per heavy atom. The second-order valence-corrected chi connectivity index (χ2v) is 5.77. The van der Waals surface area contributed by atoms with E-state index in [1.54, 1.807) is 28.0 Å². The quantitative estimate of drug-likeness (QED) is 0.817. The largest absolute Gasteiger partial charge is 0.459 e. The van der Waals surface area contributed by atoms with Crippen LogP contribution in [0.5, 0.6) is 0 Å². The zero-order valence-corrected chi connectivity index (χ0v) is 13.5. The molecule has 8 heteroatoms. The first-order valence-corrected chi connectivity index (χ1v) is 8.17. The third kappa shape index (κ3) is 4.01. The molecule has 24 heavy (non-hydrogen) atoms. The number of carbonyl (C=O) groups is 2. The van der Waals surface area contributed by atoms with Crippen molar-refractivity contribution in [3.8, 4) is 0 Å². The number of amides is 2. The van der Waals surface area contributed by atoms with Crippen molar-refractivity contribution in [2.45, 2.75) is 25.8 Å². The van der Waals surface area contributed by atoms with Gasteiger partial charge in [0, 0.05) is 39.1 Å². The van der Waals surface area contributed by atoms with E-state index in [0.29, 0.717) is 44.9 Å². The molecule has 1 aliphatic rings. The first kappa shape index (κ1) is 16.2. The minimum absolute atomic E-state index is 0.111. The zero-order chi connectivity index (χ0) is 16.8. The van der Waals surface area contributed by atoms with Gasteiger partial charge in [-0.15, -0.1) is 0 Å². The van der Waals surface area contributed by atoms with Crippen molar-refractivity contribution in [3.63, 3.8) is 0 Å². The van der Waals surface area contributed by atoms with Crippen LogP contribution in [0.2, 0.25) is 0 Å². The number of hydrogen-bond donors (Lipinski definition) is 0. The van der Waals surface area contributed by atoms with Crippen LogP contribution in [0.3, 0.4) is 0 Å². The SMILES string of the molecule is O=C(CCCn1cncn1)N1CCCN(C(=O)c2ccco2)CC1. The van der Waals surface area contributed by atoms with Gasteiger partial charge in [0.2, 0.25) is 5.91 Å². The van der Waals surface area contributed by atoms with E-state index in [1.165, 1.54) is 12.6 Å². The van der Waals surface area contributed by atoms with Gasteiger partial charge in [-0.3, -0.25) is 14.3 Å². The molecule has 2 aromatic heterocycles. The maximum absolute atomic E-state index is 12.3. The summed E-state index contributed by atoms with van der Waals surface area (Å²) in [6.45, 7) is 3.11. The summed E-state index contributed by atoms with van der Waals surface area (Å²) >= 11 is 0. The van der Waals surface area contributed by atoms with Gasteiger partial charge in [-0.25, -0.2) is 4.98 Å².